The predicted octanol–water partition coefficient (Wildman–Crippen LogP) is 2.22. The second kappa shape index (κ2) is 5.27. The summed E-state index contributed by atoms with van der Waals surface area (Å²) in [6.07, 6.45) is 1.61. The van der Waals surface area contributed by atoms with Crippen LogP contribution in [0.4, 0.5) is 0 Å². The number of rotatable bonds is 5. The average Bonchev–Trinajstić information content (AvgIpc) is 3.14. The highest BCUT2D eigenvalue weighted by molar-refractivity contribution is 6.04. The molecule has 0 spiro atoms. The van der Waals surface area contributed by atoms with Crippen LogP contribution in [0.3, 0.4) is 0 Å². The molecule has 1 aliphatic carbocycles. The summed E-state index contributed by atoms with van der Waals surface area (Å²) >= 11 is 0. The van der Waals surface area contributed by atoms with Crippen molar-refractivity contribution in [2.45, 2.75) is 46.1 Å². The zero-order valence-electron chi connectivity index (χ0n) is 12.2. The minimum absolute atomic E-state index is 0.0688. The van der Waals surface area contributed by atoms with E-state index < -0.39 is 11.4 Å². The van der Waals surface area contributed by atoms with Crippen molar-refractivity contribution in [3.63, 3.8) is 0 Å². The maximum Gasteiger partial charge on any atom is 0.319 e. The van der Waals surface area contributed by atoms with Gasteiger partial charge in [-0.3, -0.25) is 9.59 Å². The topological polar surface area (TPSA) is 66.4 Å². The lowest BCUT2D eigenvalue weighted by atomic mass is 9.99. The van der Waals surface area contributed by atoms with Gasteiger partial charge in [-0.2, -0.15) is 0 Å². The first-order chi connectivity index (χ1) is 9.35. The van der Waals surface area contributed by atoms with Gasteiger partial charge in [0.1, 0.15) is 5.41 Å². The third-order valence-corrected chi connectivity index (χ3v) is 4.00. The number of aryl methyl sites for hydroxylation is 2. The zero-order valence-corrected chi connectivity index (χ0v) is 12.2. The predicted molar refractivity (Wildman–Crippen MR) is 76.5 cm³/mol. The number of nitrogens with one attached hydrogen (secondary N) is 1. The molecule has 2 rings (SSSR count). The van der Waals surface area contributed by atoms with Crippen molar-refractivity contribution in [3.05, 3.63) is 34.9 Å². The van der Waals surface area contributed by atoms with Crippen LogP contribution >= 0.6 is 0 Å². The summed E-state index contributed by atoms with van der Waals surface area (Å²) in [5.41, 5.74) is 2.44. The summed E-state index contributed by atoms with van der Waals surface area (Å²) in [7, 11) is 0. The van der Waals surface area contributed by atoms with Gasteiger partial charge in [0.2, 0.25) is 5.91 Å². The van der Waals surface area contributed by atoms with Gasteiger partial charge in [0.25, 0.3) is 0 Å². The average molecular weight is 275 g/mol. The molecule has 0 heterocycles. The van der Waals surface area contributed by atoms with Crippen molar-refractivity contribution < 1.29 is 14.7 Å². The van der Waals surface area contributed by atoms with Gasteiger partial charge in [-0.1, -0.05) is 23.8 Å². The molecule has 2 N–H and O–H groups in total. The van der Waals surface area contributed by atoms with E-state index in [4.69, 9.17) is 5.11 Å². The Morgan fingerprint density at radius 1 is 1.35 bits per heavy atom. The van der Waals surface area contributed by atoms with Crippen molar-refractivity contribution in [1.82, 2.24) is 5.32 Å². The Kier molecular flexibility index (Phi) is 3.84. The monoisotopic (exact) mass is 275 g/mol. The Morgan fingerprint density at radius 2 is 2.00 bits per heavy atom. The quantitative estimate of drug-likeness (QED) is 0.810. The Morgan fingerprint density at radius 3 is 2.50 bits per heavy atom. The van der Waals surface area contributed by atoms with Crippen LogP contribution in [0.5, 0.6) is 0 Å². The molecule has 1 atom stereocenters. The van der Waals surface area contributed by atoms with Crippen LogP contribution in [0.2, 0.25) is 0 Å². The van der Waals surface area contributed by atoms with Crippen LogP contribution in [-0.2, 0) is 16.0 Å². The van der Waals surface area contributed by atoms with Gasteiger partial charge in [-0.05, 0) is 51.2 Å². The van der Waals surface area contributed by atoms with Crippen molar-refractivity contribution in [2.75, 3.05) is 0 Å². The minimum atomic E-state index is -1.16. The third-order valence-electron chi connectivity index (χ3n) is 4.00. The number of carboxylic acids is 1. The molecule has 0 radical (unpaired) electrons. The molecule has 1 aromatic carbocycles. The summed E-state index contributed by atoms with van der Waals surface area (Å²) in [5.74, 6) is -1.35. The van der Waals surface area contributed by atoms with Gasteiger partial charge in [0.15, 0.2) is 0 Å². The largest absolute Gasteiger partial charge is 0.480 e. The normalized spacial score (nSPS) is 17.4. The first kappa shape index (κ1) is 14.6. The van der Waals surface area contributed by atoms with Gasteiger partial charge in [-0.15, -0.1) is 0 Å². The lowest BCUT2D eigenvalue weighted by Gasteiger charge is -2.18. The Hall–Kier alpha value is -1.84. The number of carbonyl (C=O) groups excluding carboxylic acids is 1. The Balaban J connectivity index is 1.97. The van der Waals surface area contributed by atoms with E-state index >= 15 is 0 Å². The molecule has 1 aliphatic rings. The van der Waals surface area contributed by atoms with Gasteiger partial charge in [-0.25, -0.2) is 0 Å². The number of carbonyl (C=O) groups is 2. The molecule has 1 fully saturated rings. The molecular formula is C16H21NO3. The molecule has 0 saturated heterocycles. The fourth-order valence-electron chi connectivity index (χ4n) is 2.48. The van der Waals surface area contributed by atoms with Crippen molar-refractivity contribution in [3.8, 4) is 0 Å². The first-order valence-electron chi connectivity index (χ1n) is 6.95. The number of aliphatic carboxylic acids is 1. The maximum absolute atomic E-state index is 12.0. The summed E-state index contributed by atoms with van der Waals surface area (Å²) in [4.78, 5) is 23.1. The third kappa shape index (κ3) is 2.84. The van der Waals surface area contributed by atoms with Crippen molar-refractivity contribution >= 4 is 11.9 Å². The summed E-state index contributed by atoms with van der Waals surface area (Å²) in [5, 5.41) is 11.9. The molecule has 4 nitrogen and oxygen atoms in total. The van der Waals surface area contributed by atoms with E-state index in [1.165, 1.54) is 16.7 Å². The minimum Gasteiger partial charge on any atom is -0.480 e. The molecule has 4 heteroatoms. The van der Waals surface area contributed by atoms with E-state index in [1.807, 2.05) is 13.8 Å². The van der Waals surface area contributed by atoms with Crippen LogP contribution in [0.15, 0.2) is 18.2 Å². The van der Waals surface area contributed by atoms with E-state index in [1.54, 1.807) is 0 Å². The van der Waals surface area contributed by atoms with Crippen LogP contribution in [0.25, 0.3) is 0 Å². The summed E-state index contributed by atoms with van der Waals surface area (Å²) < 4.78 is 0. The second-order valence-electron chi connectivity index (χ2n) is 5.90. The zero-order chi connectivity index (χ0) is 14.9. The number of hydrogen-bond acceptors (Lipinski definition) is 2. The van der Waals surface area contributed by atoms with Crippen molar-refractivity contribution in [1.29, 1.82) is 0 Å². The Bertz CT molecular complexity index is 547. The molecular weight excluding hydrogens is 254 g/mol. The Labute approximate surface area is 119 Å². The maximum atomic E-state index is 12.0. The van der Waals surface area contributed by atoms with Crippen LogP contribution < -0.4 is 5.32 Å². The van der Waals surface area contributed by atoms with Gasteiger partial charge in [0, 0.05) is 6.04 Å². The van der Waals surface area contributed by atoms with E-state index in [2.05, 4.69) is 30.4 Å². The molecule has 0 aromatic heterocycles. The molecule has 0 aliphatic heterocycles. The lowest BCUT2D eigenvalue weighted by Crippen LogP contribution is -2.42. The summed E-state index contributed by atoms with van der Waals surface area (Å²) in [6, 6.07) is 6.16. The number of hydrogen-bond donors (Lipinski definition) is 2. The highest BCUT2D eigenvalue weighted by Crippen LogP contribution is 2.46. The van der Waals surface area contributed by atoms with Crippen molar-refractivity contribution in [2.24, 2.45) is 5.41 Å². The number of amides is 1. The van der Waals surface area contributed by atoms with Gasteiger partial charge >= 0.3 is 5.97 Å². The van der Waals surface area contributed by atoms with Crippen LogP contribution in [0.1, 0.15) is 36.5 Å². The first-order valence-corrected chi connectivity index (χ1v) is 6.95. The van der Waals surface area contributed by atoms with E-state index in [9.17, 15) is 9.59 Å². The smallest absolute Gasteiger partial charge is 0.319 e. The van der Waals surface area contributed by atoms with Crippen LogP contribution in [0, 0.1) is 19.3 Å². The SMILES string of the molecule is Cc1ccc(CC(C)NC(=O)C2(C(=O)O)CC2)c(C)c1. The highest BCUT2D eigenvalue weighted by Gasteiger charge is 2.57. The highest BCUT2D eigenvalue weighted by atomic mass is 16.4. The van der Waals surface area contributed by atoms with E-state index in [0.29, 0.717) is 19.3 Å². The molecule has 108 valence electrons. The lowest BCUT2D eigenvalue weighted by molar-refractivity contribution is -0.149. The fraction of sp³-hybridized carbons (Fsp3) is 0.500. The molecule has 20 heavy (non-hydrogen) atoms. The molecule has 1 aromatic rings. The molecule has 1 amide bonds. The second-order valence-corrected chi connectivity index (χ2v) is 5.90. The van der Waals surface area contributed by atoms with Gasteiger partial charge in [0.05, 0.1) is 0 Å². The van der Waals surface area contributed by atoms with Gasteiger partial charge < -0.3 is 10.4 Å². The molecule has 0 bridgehead atoms. The van der Waals surface area contributed by atoms with Crippen LogP contribution in [-0.4, -0.2) is 23.0 Å². The summed E-state index contributed by atoms with van der Waals surface area (Å²) in [6.45, 7) is 6.01. The van der Waals surface area contributed by atoms with E-state index in [-0.39, 0.29) is 11.9 Å². The van der Waals surface area contributed by atoms with E-state index in [0.717, 1.165) is 0 Å². The number of benzene rings is 1. The molecule has 1 saturated carbocycles. The molecule has 1 unspecified atom stereocenters. The standard InChI is InChI=1S/C16H21NO3/c1-10-4-5-13(11(2)8-10)9-12(3)17-14(18)16(6-7-16)15(19)20/h4-5,8,12H,6-7,9H2,1-3H3,(H,17,18)(H,19,20). The fourth-order valence-corrected chi connectivity index (χ4v) is 2.48. The number of carboxylic acid groups (broad SMARTS) is 1.